The van der Waals surface area contributed by atoms with Crippen LogP contribution in [0.15, 0.2) is 142 Å². The third-order valence-electron chi connectivity index (χ3n) is 9.18. The van der Waals surface area contributed by atoms with E-state index in [1.54, 1.807) is 50.6 Å². The minimum atomic E-state index is -1.07. The number of Topliss-reactive ketones (excluding diaryl/α,β-unsaturated/α-hetero) is 2. The summed E-state index contributed by atoms with van der Waals surface area (Å²) in [7, 11) is 3.25. The molecule has 0 unspecified atom stereocenters. The Morgan fingerprint density at radius 1 is 0.627 bits per heavy atom. The van der Waals surface area contributed by atoms with Gasteiger partial charge in [0.15, 0.2) is 22.7 Å². The van der Waals surface area contributed by atoms with Crippen molar-refractivity contribution in [3.05, 3.63) is 161 Å². The monoisotopic (exact) mass is 788 g/mol. The maximum atomic E-state index is 13.4. The van der Waals surface area contributed by atoms with E-state index in [0.717, 1.165) is 50.8 Å². The van der Waals surface area contributed by atoms with Crippen LogP contribution in [0.2, 0.25) is 0 Å². The van der Waals surface area contributed by atoms with E-state index in [1.807, 2.05) is 66.7 Å². The summed E-state index contributed by atoms with van der Waals surface area (Å²) in [6, 6.07) is 40.3. The van der Waals surface area contributed by atoms with E-state index < -0.39 is 5.97 Å². The molecule has 8 rings (SSSR count). The summed E-state index contributed by atoms with van der Waals surface area (Å²) in [5, 5.41) is 8.66. The molecule has 8 aromatic rings. The number of oxazole rings is 2. The Morgan fingerprint density at radius 2 is 1.10 bits per heavy atom. The van der Waals surface area contributed by atoms with Gasteiger partial charge in [0.1, 0.15) is 16.8 Å². The molecular weight excluding hydrogens is 749 g/mol. The highest BCUT2D eigenvalue weighted by Crippen LogP contribution is 2.40. The van der Waals surface area contributed by atoms with E-state index in [4.69, 9.17) is 28.6 Å². The van der Waals surface area contributed by atoms with Gasteiger partial charge in [-0.25, -0.2) is 14.8 Å². The van der Waals surface area contributed by atoms with Crippen molar-refractivity contribution in [1.29, 1.82) is 0 Å². The zero-order chi connectivity index (χ0) is 41.9. The fourth-order valence-corrected chi connectivity index (χ4v) is 6.42. The molecule has 0 bridgehead atoms. The SMILES string of the molecule is CC(=O)c1ccccc1C(=O)O.CCc1ccc(-c2ccc(CC(=O)c3ccccc3OC=O)cc2-c2nc3ccccc3o2)c(-c2nc3ccccc3o2)c1.COC. The van der Waals surface area contributed by atoms with E-state index in [1.165, 1.54) is 19.1 Å². The molecule has 59 heavy (non-hydrogen) atoms. The maximum absolute atomic E-state index is 13.4. The summed E-state index contributed by atoms with van der Waals surface area (Å²) < 4.78 is 21.8. The second kappa shape index (κ2) is 19.1. The van der Waals surface area contributed by atoms with Crippen molar-refractivity contribution in [1.82, 2.24) is 9.97 Å². The molecule has 2 heterocycles. The third kappa shape index (κ3) is 9.55. The largest absolute Gasteiger partial charge is 0.478 e. The lowest BCUT2D eigenvalue weighted by Crippen LogP contribution is -2.06. The van der Waals surface area contributed by atoms with Crippen LogP contribution in [0.25, 0.3) is 56.2 Å². The number of nitrogens with zero attached hydrogens (tertiary/aromatic N) is 2. The molecule has 0 radical (unpaired) electrons. The first-order chi connectivity index (χ1) is 28.6. The number of benzene rings is 6. The highest BCUT2D eigenvalue weighted by atomic mass is 16.5. The van der Waals surface area contributed by atoms with Crippen molar-refractivity contribution >= 4 is 46.2 Å². The molecule has 0 atom stereocenters. The molecule has 0 amide bonds. The Labute approximate surface area is 339 Å². The van der Waals surface area contributed by atoms with Crippen LogP contribution in [0.4, 0.5) is 0 Å². The molecule has 0 aliphatic heterocycles. The molecule has 0 saturated carbocycles. The number of hydrogen-bond donors (Lipinski definition) is 1. The molecule has 0 spiro atoms. The van der Waals surface area contributed by atoms with E-state index in [9.17, 15) is 19.2 Å². The fourth-order valence-electron chi connectivity index (χ4n) is 6.42. The summed E-state index contributed by atoms with van der Waals surface area (Å²) in [5.41, 5.74) is 8.77. The van der Waals surface area contributed by atoms with Crippen LogP contribution in [0, 0.1) is 0 Å². The van der Waals surface area contributed by atoms with Crippen LogP contribution >= 0.6 is 0 Å². The molecule has 2 aromatic heterocycles. The molecule has 1 N–H and O–H groups in total. The van der Waals surface area contributed by atoms with Crippen molar-refractivity contribution in [2.75, 3.05) is 14.2 Å². The first-order valence-corrected chi connectivity index (χ1v) is 18.6. The molecule has 6 aromatic carbocycles. The number of carboxylic acid groups (broad SMARTS) is 1. The summed E-state index contributed by atoms with van der Waals surface area (Å²) >= 11 is 0. The molecule has 296 valence electrons. The average molecular weight is 789 g/mol. The van der Waals surface area contributed by atoms with Gasteiger partial charge in [0.25, 0.3) is 6.47 Å². The van der Waals surface area contributed by atoms with Crippen LogP contribution in [0.3, 0.4) is 0 Å². The van der Waals surface area contributed by atoms with E-state index in [0.29, 0.717) is 35.0 Å². The standard InChI is InChI=1S/C37H26N2O5.C9H8O3.C2H6O/c1-2-23-15-17-25(28(19-23)36-38-30-10-4-7-13-34(30)43-36)26-18-16-24(21-32(41)27-9-3-6-12-33(27)42-22-40)20-29(26)37-39-31-11-5-8-14-35(31)44-37;1-6(10)7-4-2-3-5-8(7)9(11)12;1-3-2/h3-20,22H,2,21H2,1H3;2-5H,1H3,(H,11,12);1-2H3. The Hall–Kier alpha value is -7.50. The smallest absolute Gasteiger partial charge is 0.336 e. The van der Waals surface area contributed by atoms with Crippen molar-refractivity contribution < 1.29 is 42.6 Å². The number of ether oxygens (including phenoxy) is 2. The molecular formula is C48H40N2O9. The van der Waals surface area contributed by atoms with Gasteiger partial charge in [-0.2, -0.15) is 0 Å². The van der Waals surface area contributed by atoms with Gasteiger partial charge >= 0.3 is 5.97 Å². The molecule has 0 aliphatic rings. The van der Waals surface area contributed by atoms with E-state index >= 15 is 0 Å². The first-order valence-electron chi connectivity index (χ1n) is 18.6. The highest BCUT2D eigenvalue weighted by molar-refractivity contribution is 6.04. The lowest BCUT2D eigenvalue weighted by atomic mass is 9.91. The zero-order valence-corrected chi connectivity index (χ0v) is 32.8. The number of fused-ring (bicyclic) bond motifs is 2. The molecule has 0 fully saturated rings. The summed E-state index contributed by atoms with van der Waals surface area (Å²) in [5.74, 6) is -0.302. The van der Waals surface area contributed by atoms with Crippen molar-refractivity contribution in [3.63, 3.8) is 0 Å². The summed E-state index contributed by atoms with van der Waals surface area (Å²) in [6.07, 6.45) is 0.932. The maximum Gasteiger partial charge on any atom is 0.336 e. The fraction of sp³-hybridized carbons (Fsp3) is 0.125. The average Bonchev–Trinajstić information content (AvgIpc) is 3.89. The van der Waals surface area contributed by atoms with Gasteiger partial charge in [0.05, 0.1) is 11.1 Å². The number of aryl methyl sites for hydroxylation is 1. The number of hydrogen-bond acceptors (Lipinski definition) is 10. The second-order valence-corrected chi connectivity index (χ2v) is 13.2. The zero-order valence-electron chi connectivity index (χ0n) is 32.8. The Balaban J connectivity index is 0.000000331. The predicted octanol–water partition coefficient (Wildman–Crippen LogP) is 10.3. The predicted molar refractivity (Wildman–Crippen MR) is 225 cm³/mol. The number of rotatable bonds is 11. The van der Waals surface area contributed by atoms with E-state index in [-0.39, 0.29) is 34.9 Å². The quantitative estimate of drug-likeness (QED) is 0.0981. The van der Waals surface area contributed by atoms with Gasteiger partial charge < -0.3 is 23.4 Å². The van der Waals surface area contributed by atoms with Gasteiger partial charge in [0, 0.05) is 37.3 Å². The minimum absolute atomic E-state index is 0.0602. The number of aromatic carboxylic acids is 1. The van der Waals surface area contributed by atoms with Crippen molar-refractivity contribution in [3.8, 4) is 39.8 Å². The van der Waals surface area contributed by atoms with Crippen LogP contribution in [0.5, 0.6) is 5.75 Å². The number of methoxy groups -OCH3 is 1. The molecule has 0 saturated heterocycles. The molecule has 11 heteroatoms. The van der Waals surface area contributed by atoms with Gasteiger partial charge in [0.2, 0.25) is 11.8 Å². The molecule has 0 aliphatic carbocycles. The van der Waals surface area contributed by atoms with E-state index in [2.05, 4.69) is 29.9 Å². The lowest BCUT2D eigenvalue weighted by Gasteiger charge is -2.14. The van der Waals surface area contributed by atoms with Gasteiger partial charge in [-0.3, -0.25) is 14.4 Å². The Kier molecular flexibility index (Phi) is 13.3. The van der Waals surface area contributed by atoms with Crippen LogP contribution in [-0.4, -0.2) is 53.3 Å². The third-order valence-corrected chi connectivity index (χ3v) is 9.18. The van der Waals surface area contributed by atoms with Crippen LogP contribution in [-0.2, 0) is 22.4 Å². The molecule has 11 nitrogen and oxygen atoms in total. The number of ketones is 2. The number of para-hydroxylation sites is 5. The normalized spacial score (nSPS) is 10.6. The second-order valence-electron chi connectivity index (χ2n) is 13.2. The Morgan fingerprint density at radius 3 is 1.59 bits per heavy atom. The van der Waals surface area contributed by atoms with Crippen LogP contribution < -0.4 is 4.74 Å². The number of carbonyl (C=O) groups excluding carboxylic acids is 3. The summed E-state index contributed by atoms with van der Waals surface area (Å²) in [4.78, 5) is 55.5. The number of carbonyl (C=O) groups is 4. The topological polar surface area (TPSA) is 159 Å². The Bertz CT molecular complexity index is 2680. The lowest BCUT2D eigenvalue weighted by molar-refractivity contribution is -0.120. The first kappa shape index (κ1) is 41.1. The number of carboxylic acids is 1. The van der Waals surface area contributed by atoms with Crippen molar-refractivity contribution in [2.45, 2.75) is 26.7 Å². The summed E-state index contributed by atoms with van der Waals surface area (Å²) in [6.45, 7) is 3.78. The van der Waals surface area contributed by atoms with Crippen molar-refractivity contribution in [2.24, 2.45) is 0 Å². The minimum Gasteiger partial charge on any atom is -0.478 e. The highest BCUT2D eigenvalue weighted by Gasteiger charge is 2.22. The van der Waals surface area contributed by atoms with Gasteiger partial charge in [-0.15, -0.1) is 0 Å². The van der Waals surface area contributed by atoms with Crippen LogP contribution in [0.1, 0.15) is 56.0 Å². The van der Waals surface area contributed by atoms with Gasteiger partial charge in [-0.1, -0.05) is 85.8 Å². The number of aromatic nitrogens is 2. The van der Waals surface area contributed by atoms with Gasteiger partial charge in [-0.05, 0) is 90.2 Å².